The first-order valence-corrected chi connectivity index (χ1v) is 11.3. The fraction of sp³-hybridized carbons (Fsp3) is 0.440. The molecule has 2 aliphatic rings. The van der Waals surface area contributed by atoms with Gasteiger partial charge in [-0.05, 0) is 64.4 Å². The number of ether oxygens (including phenoxy) is 1. The first-order valence-electron chi connectivity index (χ1n) is 11.3. The van der Waals surface area contributed by atoms with Crippen LogP contribution in [-0.4, -0.2) is 54.2 Å². The van der Waals surface area contributed by atoms with Gasteiger partial charge in [-0.2, -0.15) is 4.98 Å². The summed E-state index contributed by atoms with van der Waals surface area (Å²) in [7, 11) is 3.97. The van der Waals surface area contributed by atoms with E-state index >= 15 is 4.39 Å². The third-order valence-electron chi connectivity index (χ3n) is 6.58. The topological polar surface area (TPSA) is 41.5 Å². The molecule has 5 nitrogen and oxygen atoms in total. The van der Waals surface area contributed by atoms with E-state index in [1.165, 1.54) is 18.6 Å². The van der Waals surface area contributed by atoms with Crippen LogP contribution in [0.4, 0.5) is 14.6 Å². The van der Waals surface area contributed by atoms with E-state index in [1.54, 1.807) is 24.3 Å². The Labute approximate surface area is 187 Å². The molecule has 2 fully saturated rings. The Hall–Kier alpha value is -2.80. The highest BCUT2D eigenvalue weighted by molar-refractivity contribution is 5.92. The maximum Gasteiger partial charge on any atom is 0.217 e. The third kappa shape index (κ3) is 3.90. The van der Waals surface area contributed by atoms with Gasteiger partial charge in [0, 0.05) is 35.6 Å². The predicted octanol–water partition coefficient (Wildman–Crippen LogP) is 5.04. The van der Waals surface area contributed by atoms with Gasteiger partial charge < -0.3 is 14.5 Å². The van der Waals surface area contributed by atoms with Crippen molar-refractivity contribution in [3.8, 4) is 17.1 Å². The number of fused-ring (bicyclic) bond motifs is 3. The maximum atomic E-state index is 15.2. The SMILES string of the molecule is CN(C)CCOc1cc2nc(-c3ccccc3F)c(F)cc2c(N2C3CCCC2CC3)n1. The van der Waals surface area contributed by atoms with Crippen molar-refractivity contribution in [1.82, 2.24) is 14.9 Å². The molecule has 2 aromatic heterocycles. The summed E-state index contributed by atoms with van der Waals surface area (Å²) in [5.41, 5.74) is 0.728. The van der Waals surface area contributed by atoms with Crippen molar-refractivity contribution < 1.29 is 13.5 Å². The van der Waals surface area contributed by atoms with Gasteiger partial charge in [-0.25, -0.2) is 13.8 Å². The van der Waals surface area contributed by atoms with Gasteiger partial charge in [-0.3, -0.25) is 0 Å². The second-order valence-electron chi connectivity index (χ2n) is 9.02. The molecular formula is C25H28F2N4O. The van der Waals surface area contributed by atoms with Gasteiger partial charge in [0.15, 0.2) is 0 Å². The van der Waals surface area contributed by atoms with E-state index in [9.17, 15) is 4.39 Å². The lowest BCUT2D eigenvalue weighted by molar-refractivity contribution is 0.254. The molecule has 0 spiro atoms. The van der Waals surface area contributed by atoms with E-state index < -0.39 is 11.6 Å². The summed E-state index contributed by atoms with van der Waals surface area (Å²) < 4.78 is 35.6. The monoisotopic (exact) mass is 438 g/mol. The van der Waals surface area contributed by atoms with Crippen LogP contribution in [0.1, 0.15) is 32.1 Å². The van der Waals surface area contributed by atoms with Crippen molar-refractivity contribution in [2.24, 2.45) is 0 Å². The molecule has 0 aliphatic carbocycles. The number of benzene rings is 1. The summed E-state index contributed by atoms with van der Waals surface area (Å²) in [5, 5.41) is 0.654. The Morgan fingerprint density at radius 3 is 2.47 bits per heavy atom. The van der Waals surface area contributed by atoms with Crippen molar-refractivity contribution >= 4 is 16.7 Å². The average Bonchev–Trinajstić information content (AvgIpc) is 3.01. The minimum absolute atomic E-state index is 0.00797. The van der Waals surface area contributed by atoms with Crippen LogP contribution in [0.3, 0.4) is 0 Å². The van der Waals surface area contributed by atoms with Gasteiger partial charge in [0.1, 0.15) is 29.8 Å². The Balaban J connectivity index is 1.64. The lowest BCUT2D eigenvalue weighted by Crippen LogP contribution is -2.40. The zero-order chi connectivity index (χ0) is 22.2. The minimum atomic E-state index is -0.545. The predicted molar refractivity (Wildman–Crippen MR) is 122 cm³/mol. The van der Waals surface area contributed by atoms with Crippen molar-refractivity contribution in [3.05, 3.63) is 48.0 Å². The molecule has 168 valence electrons. The molecule has 2 atom stereocenters. The number of rotatable bonds is 6. The van der Waals surface area contributed by atoms with E-state index in [4.69, 9.17) is 9.72 Å². The number of halogens is 2. The smallest absolute Gasteiger partial charge is 0.217 e. The molecule has 4 heterocycles. The lowest BCUT2D eigenvalue weighted by Gasteiger charge is -2.36. The maximum absolute atomic E-state index is 15.2. The quantitative estimate of drug-likeness (QED) is 0.540. The molecule has 2 bridgehead atoms. The molecule has 2 saturated heterocycles. The van der Waals surface area contributed by atoms with Gasteiger partial charge in [-0.1, -0.05) is 12.1 Å². The van der Waals surface area contributed by atoms with E-state index in [-0.39, 0.29) is 11.3 Å². The second kappa shape index (κ2) is 8.62. The van der Waals surface area contributed by atoms with Gasteiger partial charge >= 0.3 is 0 Å². The number of hydrogen-bond acceptors (Lipinski definition) is 5. The normalized spacial score (nSPS) is 20.3. The lowest BCUT2D eigenvalue weighted by atomic mass is 10.0. The van der Waals surface area contributed by atoms with Gasteiger partial charge in [0.2, 0.25) is 5.88 Å². The number of hydrogen-bond donors (Lipinski definition) is 0. The van der Waals surface area contributed by atoms with Gasteiger partial charge in [0.25, 0.3) is 0 Å². The molecule has 5 rings (SSSR count). The molecule has 0 amide bonds. The Morgan fingerprint density at radius 2 is 1.75 bits per heavy atom. The first-order chi connectivity index (χ1) is 15.5. The number of likely N-dealkylation sites (N-methyl/N-ethyl adjacent to an activating group) is 1. The van der Waals surface area contributed by atoms with Crippen LogP contribution in [0.5, 0.6) is 5.88 Å². The molecule has 1 aromatic carbocycles. The third-order valence-corrected chi connectivity index (χ3v) is 6.58. The number of nitrogens with zero attached hydrogens (tertiary/aromatic N) is 4. The van der Waals surface area contributed by atoms with E-state index in [2.05, 4.69) is 9.88 Å². The van der Waals surface area contributed by atoms with Crippen LogP contribution in [0, 0.1) is 11.6 Å². The van der Waals surface area contributed by atoms with Crippen LogP contribution in [0.25, 0.3) is 22.2 Å². The summed E-state index contributed by atoms with van der Waals surface area (Å²) in [6.07, 6.45) is 5.71. The highest BCUT2D eigenvalue weighted by Gasteiger charge is 2.38. The van der Waals surface area contributed by atoms with Crippen molar-refractivity contribution in [1.29, 1.82) is 0 Å². The van der Waals surface area contributed by atoms with Crippen LogP contribution >= 0.6 is 0 Å². The molecule has 0 radical (unpaired) electrons. The number of anilines is 1. The standard InChI is InChI=1S/C25H28F2N4O/c1-30(2)12-13-32-23-15-22-19(25(29-23)31-16-6-5-7-17(31)11-10-16)14-21(27)24(28-22)18-8-3-4-9-20(18)26/h3-4,8-9,14-17H,5-7,10-13H2,1-2H3. The van der Waals surface area contributed by atoms with Crippen LogP contribution in [0.15, 0.2) is 36.4 Å². The molecule has 2 unspecified atom stereocenters. The summed E-state index contributed by atoms with van der Waals surface area (Å²) >= 11 is 0. The highest BCUT2D eigenvalue weighted by Crippen LogP contribution is 2.42. The van der Waals surface area contributed by atoms with Crippen LogP contribution in [-0.2, 0) is 0 Å². The highest BCUT2D eigenvalue weighted by atomic mass is 19.1. The van der Waals surface area contributed by atoms with E-state index in [1.807, 2.05) is 19.0 Å². The van der Waals surface area contributed by atoms with Crippen molar-refractivity contribution in [2.75, 3.05) is 32.1 Å². The van der Waals surface area contributed by atoms with Gasteiger partial charge in [-0.15, -0.1) is 0 Å². The molecule has 32 heavy (non-hydrogen) atoms. The fourth-order valence-corrected chi connectivity index (χ4v) is 5.01. The summed E-state index contributed by atoms with van der Waals surface area (Å²) in [6, 6.07) is 10.2. The van der Waals surface area contributed by atoms with Crippen molar-refractivity contribution in [2.45, 2.75) is 44.2 Å². The fourth-order valence-electron chi connectivity index (χ4n) is 5.01. The molecule has 7 heteroatoms. The number of piperidine rings is 1. The Morgan fingerprint density at radius 1 is 1.00 bits per heavy atom. The molecule has 2 aliphatic heterocycles. The molecule has 0 saturated carbocycles. The summed E-state index contributed by atoms with van der Waals surface area (Å²) in [5.74, 6) is 0.166. The largest absolute Gasteiger partial charge is 0.476 e. The zero-order valence-corrected chi connectivity index (χ0v) is 18.5. The van der Waals surface area contributed by atoms with E-state index in [0.717, 1.165) is 38.0 Å². The van der Waals surface area contributed by atoms with E-state index in [0.29, 0.717) is 35.5 Å². The Bertz CT molecular complexity index is 1120. The molecule has 0 N–H and O–H groups in total. The minimum Gasteiger partial charge on any atom is -0.476 e. The zero-order valence-electron chi connectivity index (χ0n) is 18.5. The number of aromatic nitrogens is 2. The molecular weight excluding hydrogens is 410 g/mol. The summed E-state index contributed by atoms with van der Waals surface area (Å²) in [6.45, 7) is 1.24. The average molecular weight is 439 g/mol. The van der Waals surface area contributed by atoms with Crippen molar-refractivity contribution in [3.63, 3.8) is 0 Å². The van der Waals surface area contributed by atoms with Gasteiger partial charge in [0.05, 0.1) is 5.52 Å². The second-order valence-corrected chi connectivity index (χ2v) is 9.02. The Kier molecular flexibility index (Phi) is 5.67. The summed E-state index contributed by atoms with van der Waals surface area (Å²) in [4.78, 5) is 13.8. The van der Waals surface area contributed by atoms with Crippen LogP contribution in [0.2, 0.25) is 0 Å². The molecule has 3 aromatic rings. The first kappa shape index (κ1) is 21.1. The van der Waals surface area contributed by atoms with Crippen LogP contribution < -0.4 is 9.64 Å². The number of pyridine rings is 2.